The molecule has 0 amide bonds. The zero-order valence-corrected chi connectivity index (χ0v) is 13.5. The Morgan fingerprint density at radius 1 is 1.05 bits per heavy atom. The van der Waals surface area contributed by atoms with Crippen molar-refractivity contribution in [2.75, 3.05) is 13.2 Å². The summed E-state index contributed by atoms with van der Waals surface area (Å²) in [7, 11) is -0.284. The number of ether oxygens (including phenoxy) is 1. The van der Waals surface area contributed by atoms with Crippen molar-refractivity contribution in [2.24, 2.45) is 0 Å². The van der Waals surface area contributed by atoms with Crippen molar-refractivity contribution < 1.29 is 14.0 Å². The van der Waals surface area contributed by atoms with Crippen LogP contribution in [0.4, 0.5) is 0 Å². The van der Waals surface area contributed by atoms with Gasteiger partial charge in [-0.1, -0.05) is 24.3 Å². The Labute approximate surface area is 128 Å². The molecule has 114 valence electrons. The van der Waals surface area contributed by atoms with Gasteiger partial charge >= 0.3 is 7.12 Å². The van der Waals surface area contributed by atoms with Crippen LogP contribution in [0.3, 0.4) is 0 Å². The highest BCUT2D eigenvalue weighted by Gasteiger charge is 2.52. The van der Waals surface area contributed by atoms with E-state index in [1.165, 1.54) is 12.0 Å². The molecule has 2 aliphatic rings. The summed E-state index contributed by atoms with van der Waals surface area (Å²) in [5.41, 5.74) is 1.88. The van der Waals surface area contributed by atoms with Gasteiger partial charge in [0.15, 0.2) is 0 Å². The minimum Gasteiger partial charge on any atom is -0.399 e. The van der Waals surface area contributed by atoms with E-state index in [0.29, 0.717) is 5.92 Å². The zero-order valence-electron chi connectivity index (χ0n) is 13.5. The fourth-order valence-electron chi connectivity index (χ4n) is 3.05. The molecule has 0 bridgehead atoms. The van der Waals surface area contributed by atoms with Gasteiger partial charge in [-0.15, -0.1) is 0 Å². The predicted octanol–water partition coefficient (Wildman–Crippen LogP) is 2.88. The van der Waals surface area contributed by atoms with E-state index in [-0.39, 0.29) is 18.3 Å². The highest BCUT2D eigenvalue weighted by atomic mass is 16.7. The first-order chi connectivity index (χ1) is 9.91. The third-order valence-corrected chi connectivity index (χ3v) is 5.10. The number of hydrogen-bond acceptors (Lipinski definition) is 3. The Balaban J connectivity index is 1.89. The minimum atomic E-state index is -0.298. The van der Waals surface area contributed by atoms with Crippen LogP contribution in [0.1, 0.15) is 52.0 Å². The molecule has 1 unspecified atom stereocenters. The predicted molar refractivity (Wildman–Crippen MR) is 85.0 cm³/mol. The summed E-state index contributed by atoms with van der Waals surface area (Å²) < 4.78 is 18.1. The molecular weight excluding hydrogens is 263 g/mol. The standard InChI is InChI=1S/C17H25BO3/c1-16(2)17(3,4)21-18(20-16)15-10-6-5-9-14(15)13-8-7-11-19-12-13/h5-6,9-10,13H,7-8,11-12H2,1-4H3. The maximum Gasteiger partial charge on any atom is 0.495 e. The van der Waals surface area contributed by atoms with Crippen LogP contribution < -0.4 is 5.46 Å². The van der Waals surface area contributed by atoms with Gasteiger partial charge in [-0.25, -0.2) is 0 Å². The maximum atomic E-state index is 6.22. The van der Waals surface area contributed by atoms with Crippen molar-refractivity contribution in [3.8, 4) is 0 Å². The number of hydrogen-bond donors (Lipinski definition) is 0. The fourth-order valence-corrected chi connectivity index (χ4v) is 3.05. The molecule has 4 heteroatoms. The van der Waals surface area contributed by atoms with E-state index in [4.69, 9.17) is 14.0 Å². The second-order valence-electron chi connectivity index (χ2n) is 7.13. The second kappa shape index (κ2) is 5.42. The molecule has 0 saturated carbocycles. The van der Waals surface area contributed by atoms with Crippen LogP contribution in [0.2, 0.25) is 0 Å². The first-order valence-electron chi connectivity index (χ1n) is 7.93. The SMILES string of the molecule is CC1(C)OB(c2ccccc2C2CCCOC2)OC1(C)C. The van der Waals surface area contributed by atoms with Crippen molar-refractivity contribution in [3.63, 3.8) is 0 Å². The van der Waals surface area contributed by atoms with Gasteiger partial charge in [0.05, 0.1) is 17.8 Å². The van der Waals surface area contributed by atoms with Gasteiger partial charge in [0.25, 0.3) is 0 Å². The molecule has 2 fully saturated rings. The van der Waals surface area contributed by atoms with Crippen LogP contribution >= 0.6 is 0 Å². The summed E-state index contributed by atoms with van der Waals surface area (Å²) in [6, 6.07) is 8.48. The summed E-state index contributed by atoms with van der Waals surface area (Å²) in [6.45, 7) is 10.1. The molecule has 1 aromatic rings. The Morgan fingerprint density at radius 2 is 1.71 bits per heavy atom. The highest BCUT2D eigenvalue weighted by molar-refractivity contribution is 6.62. The molecule has 21 heavy (non-hydrogen) atoms. The fraction of sp³-hybridized carbons (Fsp3) is 0.647. The monoisotopic (exact) mass is 288 g/mol. The normalized spacial score (nSPS) is 27.8. The first kappa shape index (κ1) is 15.1. The van der Waals surface area contributed by atoms with Crippen LogP contribution in [0, 0.1) is 0 Å². The summed E-state index contributed by atoms with van der Waals surface area (Å²) in [6.07, 6.45) is 2.30. The van der Waals surface area contributed by atoms with E-state index in [0.717, 1.165) is 25.1 Å². The summed E-state index contributed by atoms with van der Waals surface area (Å²) >= 11 is 0. The van der Waals surface area contributed by atoms with Crippen molar-refractivity contribution >= 4 is 12.6 Å². The van der Waals surface area contributed by atoms with Crippen LogP contribution in [0.15, 0.2) is 24.3 Å². The molecule has 2 aliphatic heterocycles. The molecule has 0 radical (unpaired) electrons. The van der Waals surface area contributed by atoms with Crippen molar-refractivity contribution in [3.05, 3.63) is 29.8 Å². The van der Waals surface area contributed by atoms with Crippen LogP contribution in [0.5, 0.6) is 0 Å². The van der Waals surface area contributed by atoms with E-state index < -0.39 is 0 Å². The summed E-state index contributed by atoms with van der Waals surface area (Å²) in [5.74, 6) is 0.453. The molecule has 0 N–H and O–H groups in total. The Morgan fingerprint density at radius 3 is 2.33 bits per heavy atom. The average molecular weight is 288 g/mol. The Hall–Kier alpha value is -0.835. The van der Waals surface area contributed by atoms with E-state index >= 15 is 0 Å². The minimum absolute atomic E-state index is 0.284. The molecule has 3 rings (SSSR count). The van der Waals surface area contributed by atoms with Crippen molar-refractivity contribution in [1.29, 1.82) is 0 Å². The Bertz CT molecular complexity index is 491. The third-order valence-electron chi connectivity index (χ3n) is 5.10. The smallest absolute Gasteiger partial charge is 0.399 e. The average Bonchev–Trinajstić information content (AvgIpc) is 2.68. The Kier molecular flexibility index (Phi) is 3.89. The molecule has 0 aromatic heterocycles. The third kappa shape index (κ3) is 2.77. The lowest BCUT2D eigenvalue weighted by Crippen LogP contribution is -2.41. The van der Waals surface area contributed by atoms with E-state index in [9.17, 15) is 0 Å². The van der Waals surface area contributed by atoms with E-state index in [1.54, 1.807) is 0 Å². The maximum absolute atomic E-state index is 6.22. The van der Waals surface area contributed by atoms with Crippen LogP contribution in [-0.2, 0) is 14.0 Å². The topological polar surface area (TPSA) is 27.7 Å². The van der Waals surface area contributed by atoms with Gasteiger partial charge in [0, 0.05) is 12.5 Å². The van der Waals surface area contributed by atoms with Gasteiger partial charge in [-0.05, 0) is 51.6 Å². The summed E-state index contributed by atoms with van der Waals surface area (Å²) in [5, 5.41) is 0. The van der Waals surface area contributed by atoms with Gasteiger partial charge in [0.2, 0.25) is 0 Å². The molecule has 1 atom stereocenters. The molecule has 0 aliphatic carbocycles. The van der Waals surface area contributed by atoms with E-state index in [2.05, 4.69) is 52.0 Å². The van der Waals surface area contributed by atoms with Gasteiger partial charge in [0.1, 0.15) is 0 Å². The van der Waals surface area contributed by atoms with E-state index in [1.807, 2.05) is 0 Å². The second-order valence-corrected chi connectivity index (χ2v) is 7.13. The lowest BCUT2D eigenvalue weighted by molar-refractivity contribution is 0.00578. The van der Waals surface area contributed by atoms with Gasteiger partial charge < -0.3 is 14.0 Å². The van der Waals surface area contributed by atoms with Gasteiger partial charge in [-0.3, -0.25) is 0 Å². The quantitative estimate of drug-likeness (QED) is 0.783. The molecule has 2 heterocycles. The highest BCUT2D eigenvalue weighted by Crippen LogP contribution is 2.37. The lowest BCUT2D eigenvalue weighted by Gasteiger charge is -2.32. The zero-order chi connectivity index (χ0) is 15.1. The van der Waals surface area contributed by atoms with Crippen LogP contribution in [0.25, 0.3) is 0 Å². The molecule has 0 spiro atoms. The lowest BCUT2D eigenvalue weighted by atomic mass is 9.72. The summed E-state index contributed by atoms with van der Waals surface area (Å²) in [4.78, 5) is 0. The largest absolute Gasteiger partial charge is 0.495 e. The van der Waals surface area contributed by atoms with Crippen molar-refractivity contribution in [1.82, 2.24) is 0 Å². The van der Waals surface area contributed by atoms with Gasteiger partial charge in [-0.2, -0.15) is 0 Å². The first-order valence-corrected chi connectivity index (χ1v) is 7.93. The molecule has 3 nitrogen and oxygen atoms in total. The number of benzene rings is 1. The molecule has 1 aromatic carbocycles. The van der Waals surface area contributed by atoms with Crippen molar-refractivity contribution in [2.45, 2.75) is 57.7 Å². The number of rotatable bonds is 2. The molecular formula is C17H25BO3. The molecule has 2 saturated heterocycles. The van der Waals surface area contributed by atoms with Crippen LogP contribution in [-0.4, -0.2) is 31.5 Å².